The molecule has 1 aliphatic carbocycles. The van der Waals surface area contributed by atoms with Crippen LogP contribution in [0.3, 0.4) is 0 Å². The Labute approximate surface area is 116 Å². The largest absolute Gasteiger partial charge is 0.338 e. The Bertz CT molecular complexity index is 393. The van der Waals surface area contributed by atoms with Gasteiger partial charge in [0.2, 0.25) is 10.0 Å². The van der Waals surface area contributed by atoms with E-state index in [0.29, 0.717) is 25.4 Å². The van der Waals surface area contributed by atoms with Gasteiger partial charge in [-0.2, -0.15) is 0 Å². The van der Waals surface area contributed by atoms with Gasteiger partial charge < -0.3 is 10.2 Å². The third kappa shape index (κ3) is 5.78. The van der Waals surface area contributed by atoms with Crippen molar-refractivity contribution in [2.75, 3.05) is 25.9 Å². The molecular weight excluding hydrogens is 266 g/mol. The number of urea groups is 1. The molecule has 0 aliphatic heterocycles. The number of amides is 2. The Morgan fingerprint density at radius 1 is 1.37 bits per heavy atom. The molecule has 19 heavy (non-hydrogen) atoms. The number of hydrogen-bond donors (Lipinski definition) is 2. The Balaban J connectivity index is 2.13. The number of hydrogen-bond acceptors (Lipinski definition) is 3. The Kier molecular flexibility index (Phi) is 6.06. The summed E-state index contributed by atoms with van der Waals surface area (Å²) in [6, 6.07) is 0.191. The first-order valence-corrected chi connectivity index (χ1v) is 8.50. The van der Waals surface area contributed by atoms with Gasteiger partial charge >= 0.3 is 6.03 Å². The van der Waals surface area contributed by atoms with Crippen LogP contribution in [0.1, 0.15) is 33.1 Å². The lowest BCUT2D eigenvalue weighted by molar-refractivity contribution is 0.188. The number of carbonyl (C=O) groups is 1. The lowest BCUT2D eigenvalue weighted by Gasteiger charge is -2.25. The van der Waals surface area contributed by atoms with Crippen molar-refractivity contribution < 1.29 is 13.2 Å². The van der Waals surface area contributed by atoms with Crippen molar-refractivity contribution in [1.29, 1.82) is 0 Å². The SMILES string of the molecule is CCS(=O)(=O)NCCCNC(=O)N(C)[C@H](C)C1CC1. The molecule has 0 aromatic rings. The number of nitrogens with zero attached hydrogens (tertiary/aromatic N) is 1. The zero-order valence-corrected chi connectivity index (χ0v) is 12.8. The van der Waals surface area contributed by atoms with Crippen LogP contribution in [0.4, 0.5) is 4.79 Å². The summed E-state index contributed by atoms with van der Waals surface area (Å²) in [7, 11) is -1.32. The first kappa shape index (κ1) is 16.2. The number of nitrogens with one attached hydrogen (secondary N) is 2. The van der Waals surface area contributed by atoms with Gasteiger partial charge in [0.25, 0.3) is 0 Å². The molecule has 0 saturated heterocycles. The van der Waals surface area contributed by atoms with Crippen molar-refractivity contribution in [2.45, 2.75) is 39.2 Å². The summed E-state index contributed by atoms with van der Waals surface area (Å²) >= 11 is 0. The van der Waals surface area contributed by atoms with Gasteiger partial charge in [0.1, 0.15) is 0 Å². The van der Waals surface area contributed by atoms with Crippen molar-refractivity contribution in [3.05, 3.63) is 0 Å². The van der Waals surface area contributed by atoms with Gasteiger partial charge in [-0.15, -0.1) is 0 Å². The molecule has 0 heterocycles. The van der Waals surface area contributed by atoms with Crippen LogP contribution in [-0.4, -0.2) is 51.3 Å². The summed E-state index contributed by atoms with van der Waals surface area (Å²) < 4.78 is 24.8. The highest BCUT2D eigenvalue weighted by molar-refractivity contribution is 7.89. The average Bonchev–Trinajstić information content (AvgIpc) is 3.20. The maximum atomic E-state index is 11.8. The van der Waals surface area contributed by atoms with E-state index in [2.05, 4.69) is 17.0 Å². The summed E-state index contributed by atoms with van der Waals surface area (Å²) in [5.41, 5.74) is 0. The van der Waals surface area contributed by atoms with E-state index >= 15 is 0 Å². The molecule has 2 amide bonds. The molecule has 1 atom stereocenters. The molecule has 0 bridgehead atoms. The van der Waals surface area contributed by atoms with E-state index in [1.165, 1.54) is 12.8 Å². The highest BCUT2D eigenvalue weighted by Gasteiger charge is 2.32. The lowest BCUT2D eigenvalue weighted by Crippen LogP contribution is -2.44. The third-order valence-corrected chi connectivity index (χ3v) is 4.97. The van der Waals surface area contributed by atoms with E-state index in [1.807, 2.05) is 0 Å². The van der Waals surface area contributed by atoms with Crippen LogP contribution in [0, 0.1) is 5.92 Å². The van der Waals surface area contributed by atoms with Crippen LogP contribution >= 0.6 is 0 Å². The highest BCUT2D eigenvalue weighted by atomic mass is 32.2. The van der Waals surface area contributed by atoms with Crippen LogP contribution in [0.25, 0.3) is 0 Å². The minimum atomic E-state index is -3.13. The molecule has 0 aromatic heterocycles. The summed E-state index contributed by atoms with van der Waals surface area (Å²) in [5, 5.41) is 2.80. The highest BCUT2D eigenvalue weighted by Crippen LogP contribution is 2.34. The van der Waals surface area contributed by atoms with Crippen LogP contribution in [-0.2, 0) is 10.0 Å². The molecule has 0 spiro atoms. The van der Waals surface area contributed by atoms with Gasteiger partial charge in [0, 0.05) is 26.2 Å². The van der Waals surface area contributed by atoms with Crippen LogP contribution in [0.5, 0.6) is 0 Å². The van der Waals surface area contributed by atoms with Crippen molar-refractivity contribution >= 4 is 16.1 Å². The van der Waals surface area contributed by atoms with Gasteiger partial charge in [-0.25, -0.2) is 17.9 Å². The Morgan fingerprint density at radius 2 is 2.00 bits per heavy atom. The molecule has 7 heteroatoms. The second kappa shape index (κ2) is 7.09. The monoisotopic (exact) mass is 291 g/mol. The first-order chi connectivity index (χ1) is 8.87. The van der Waals surface area contributed by atoms with E-state index in [0.717, 1.165) is 0 Å². The smallest absolute Gasteiger partial charge is 0.317 e. The molecule has 1 saturated carbocycles. The summed E-state index contributed by atoms with van der Waals surface area (Å²) in [6.07, 6.45) is 3.01. The van der Waals surface area contributed by atoms with E-state index in [4.69, 9.17) is 0 Å². The lowest BCUT2D eigenvalue weighted by atomic mass is 10.2. The molecule has 1 aliphatic rings. The Hall–Kier alpha value is -0.820. The maximum Gasteiger partial charge on any atom is 0.317 e. The topological polar surface area (TPSA) is 78.5 Å². The van der Waals surface area contributed by atoms with Gasteiger partial charge in [-0.05, 0) is 39.0 Å². The van der Waals surface area contributed by atoms with Crippen molar-refractivity contribution in [2.24, 2.45) is 5.92 Å². The second-order valence-electron chi connectivity index (χ2n) is 5.07. The fourth-order valence-corrected chi connectivity index (χ4v) is 2.48. The van der Waals surface area contributed by atoms with Crippen LogP contribution in [0.2, 0.25) is 0 Å². The molecule has 112 valence electrons. The van der Waals surface area contributed by atoms with Crippen LogP contribution in [0.15, 0.2) is 0 Å². The molecule has 0 radical (unpaired) electrons. The molecule has 1 rings (SSSR count). The number of sulfonamides is 1. The molecule has 0 aromatic carbocycles. The van der Waals surface area contributed by atoms with Crippen molar-refractivity contribution in [3.63, 3.8) is 0 Å². The predicted molar refractivity (Wildman–Crippen MR) is 75.4 cm³/mol. The average molecular weight is 291 g/mol. The zero-order valence-electron chi connectivity index (χ0n) is 12.0. The van der Waals surface area contributed by atoms with E-state index in [-0.39, 0.29) is 17.8 Å². The quantitative estimate of drug-likeness (QED) is 0.648. The van der Waals surface area contributed by atoms with Gasteiger partial charge in [0.05, 0.1) is 5.75 Å². The maximum absolute atomic E-state index is 11.8. The molecular formula is C12H25N3O3S. The first-order valence-electron chi connectivity index (χ1n) is 6.85. The Morgan fingerprint density at radius 3 is 2.53 bits per heavy atom. The van der Waals surface area contributed by atoms with E-state index in [9.17, 15) is 13.2 Å². The van der Waals surface area contributed by atoms with E-state index in [1.54, 1.807) is 18.9 Å². The van der Waals surface area contributed by atoms with Gasteiger partial charge in [-0.3, -0.25) is 0 Å². The van der Waals surface area contributed by atoms with Crippen molar-refractivity contribution in [1.82, 2.24) is 14.9 Å². The van der Waals surface area contributed by atoms with Crippen molar-refractivity contribution in [3.8, 4) is 0 Å². The molecule has 0 unspecified atom stereocenters. The van der Waals surface area contributed by atoms with Gasteiger partial charge in [-0.1, -0.05) is 0 Å². The fraction of sp³-hybridized carbons (Fsp3) is 0.917. The van der Waals surface area contributed by atoms with Crippen LogP contribution < -0.4 is 10.0 Å². The minimum absolute atomic E-state index is 0.0843. The number of rotatable bonds is 8. The standard InChI is InChI=1S/C12H25N3O3S/c1-4-19(17,18)14-9-5-8-13-12(16)15(3)10(2)11-6-7-11/h10-11,14H,4-9H2,1-3H3,(H,13,16)/t10-/m1/s1. The summed E-state index contributed by atoms with van der Waals surface area (Å²) in [5.74, 6) is 0.730. The predicted octanol–water partition coefficient (Wildman–Crippen LogP) is 0.756. The third-order valence-electron chi connectivity index (χ3n) is 3.57. The molecule has 6 nitrogen and oxygen atoms in total. The second-order valence-corrected chi connectivity index (χ2v) is 7.17. The molecule has 2 N–H and O–H groups in total. The summed E-state index contributed by atoms with van der Waals surface area (Å²) in [6.45, 7) is 4.50. The molecule has 1 fully saturated rings. The normalized spacial score (nSPS) is 17.0. The summed E-state index contributed by atoms with van der Waals surface area (Å²) in [4.78, 5) is 13.5. The fourth-order valence-electron chi connectivity index (χ4n) is 1.82. The van der Waals surface area contributed by atoms with E-state index < -0.39 is 10.0 Å². The number of carbonyl (C=O) groups excluding carboxylic acids is 1. The minimum Gasteiger partial charge on any atom is -0.338 e. The van der Waals surface area contributed by atoms with Gasteiger partial charge in [0.15, 0.2) is 0 Å². The zero-order chi connectivity index (χ0) is 14.5.